The number of nitrogens with one attached hydrogen (secondary N) is 2. The van der Waals surface area contributed by atoms with Gasteiger partial charge < -0.3 is 10.6 Å². The molecule has 2 N–H and O–H groups in total. The van der Waals surface area contributed by atoms with Crippen molar-refractivity contribution in [1.29, 1.82) is 0 Å². The van der Waals surface area contributed by atoms with E-state index in [9.17, 15) is 18.0 Å². The summed E-state index contributed by atoms with van der Waals surface area (Å²) in [4.78, 5) is 12.4. The van der Waals surface area contributed by atoms with E-state index >= 15 is 0 Å². The molecule has 0 spiro atoms. The van der Waals surface area contributed by atoms with Crippen LogP contribution in [-0.2, 0) is 4.79 Å². The second kappa shape index (κ2) is 4.96. The van der Waals surface area contributed by atoms with Crippen LogP contribution < -0.4 is 10.6 Å². The second-order valence-electron chi connectivity index (χ2n) is 5.81. The molecule has 2 rings (SSSR count). The molecule has 1 aliphatic heterocycles. The van der Waals surface area contributed by atoms with Gasteiger partial charge in [-0.3, -0.25) is 4.79 Å². The van der Waals surface area contributed by atoms with Crippen LogP contribution in [0.1, 0.15) is 45.4 Å². The van der Waals surface area contributed by atoms with Crippen molar-refractivity contribution in [2.24, 2.45) is 5.41 Å². The Hall–Kier alpha value is -0.780. The predicted molar refractivity (Wildman–Crippen MR) is 65.6 cm³/mol. The summed E-state index contributed by atoms with van der Waals surface area (Å²) in [7, 11) is 0. The zero-order valence-corrected chi connectivity index (χ0v) is 11.2. The molecule has 6 heteroatoms. The van der Waals surface area contributed by atoms with Gasteiger partial charge in [0.15, 0.2) is 0 Å². The summed E-state index contributed by atoms with van der Waals surface area (Å²) in [6, 6.07) is 0. The van der Waals surface area contributed by atoms with Crippen molar-refractivity contribution in [1.82, 2.24) is 10.6 Å². The Morgan fingerprint density at radius 1 is 1.21 bits per heavy atom. The van der Waals surface area contributed by atoms with Crippen LogP contribution in [0.3, 0.4) is 0 Å². The molecule has 0 aromatic heterocycles. The summed E-state index contributed by atoms with van der Waals surface area (Å²) >= 11 is 0. The number of alkyl halides is 3. The summed E-state index contributed by atoms with van der Waals surface area (Å²) in [6.07, 6.45) is -1.57. The molecule has 1 heterocycles. The number of carbonyl (C=O) groups excluding carboxylic acids is 1. The Morgan fingerprint density at radius 3 is 2.21 bits per heavy atom. The van der Waals surface area contributed by atoms with Crippen LogP contribution in [0.5, 0.6) is 0 Å². The van der Waals surface area contributed by atoms with Crippen molar-refractivity contribution in [3.63, 3.8) is 0 Å². The summed E-state index contributed by atoms with van der Waals surface area (Å²) in [5.74, 6) is -0.398. The molecule has 0 atom stereocenters. The van der Waals surface area contributed by atoms with Gasteiger partial charge in [0.2, 0.25) is 5.91 Å². The molecular formula is C13H21F3N2O. The Morgan fingerprint density at radius 2 is 1.79 bits per heavy atom. The van der Waals surface area contributed by atoms with Crippen molar-refractivity contribution in [2.75, 3.05) is 13.1 Å². The van der Waals surface area contributed by atoms with Crippen LogP contribution in [0.25, 0.3) is 0 Å². The second-order valence-corrected chi connectivity index (χ2v) is 5.81. The van der Waals surface area contributed by atoms with E-state index in [-0.39, 0.29) is 12.8 Å². The van der Waals surface area contributed by atoms with Gasteiger partial charge in [-0.25, -0.2) is 0 Å². The topological polar surface area (TPSA) is 41.1 Å². The summed E-state index contributed by atoms with van der Waals surface area (Å²) in [5.41, 5.74) is -2.55. The Kier molecular flexibility index (Phi) is 3.82. The fourth-order valence-corrected chi connectivity index (χ4v) is 2.93. The first-order valence-electron chi connectivity index (χ1n) is 6.95. The van der Waals surface area contributed by atoms with Crippen molar-refractivity contribution in [3.8, 4) is 0 Å². The molecule has 1 saturated carbocycles. The monoisotopic (exact) mass is 278 g/mol. The zero-order chi connectivity index (χ0) is 14.1. The average molecular weight is 278 g/mol. The lowest BCUT2D eigenvalue weighted by atomic mass is 9.74. The van der Waals surface area contributed by atoms with Crippen LogP contribution >= 0.6 is 0 Å². The van der Waals surface area contributed by atoms with Gasteiger partial charge in [0.05, 0.1) is 5.41 Å². The predicted octanol–water partition coefficient (Wildman–Crippen LogP) is 2.37. The number of amides is 1. The molecule has 1 aliphatic carbocycles. The van der Waals surface area contributed by atoms with Crippen LogP contribution in [0.15, 0.2) is 0 Å². The number of carbonyl (C=O) groups is 1. The lowest BCUT2D eigenvalue weighted by molar-refractivity contribution is -0.173. The normalized spacial score (nSPS) is 24.8. The maximum absolute atomic E-state index is 12.9. The van der Waals surface area contributed by atoms with Crippen LogP contribution in [0.4, 0.5) is 13.2 Å². The fourth-order valence-electron chi connectivity index (χ4n) is 2.93. The Bertz CT molecular complexity index is 339. The van der Waals surface area contributed by atoms with Crippen molar-refractivity contribution in [2.45, 2.75) is 57.2 Å². The number of piperidine rings is 1. The standard InChI is InChI=1S/C13H21F3N2O/c1-2-3-11(6-8-17-9-7-11)10(19)18-12(4-5-12)13(14,15)16/h17H,2-9H2,1H3,(H,18,19). The summed E-state index contributed by atoms with van der Waals surface area (Å²) < 4.78 is 38.7. The minimum absolute atomic E-state index is 0.0166. The van der Waals surface area contributed by atoms with E-state index in [4.69, 9.17) is 0 Å². The van der Waals surface area contributed by atoms with Gasteiger partial charge >= 0.3 is 6.18 Å². The lowest BCUT2D eigenvalue weighted by Crippen LogP contribution is -2.55. The van der Waals surface area contributed by atoms with E-state index in [1.165, 1.54) is 0 Å². The first-order valence-corrected chi connectivity index (χ1v) is 6.95. The first kappa shape index (κ1) is 14.6. The molecule has 2 fully saturated rings. The molecule has 0 unspecified atom stereocenters. The maximum Gasteiger partial charge on any atom is 0.411 e. The summed E-state index contributed by atoms with van der Waals surface area (Å²) in [5, 5.41) is 5.47. The van der Waals surface area contributed by atoms with Crippen LogP contribution in [0, 0.1) is 5.41 Å². The van der Waals surface area contributed by atoms with Gasteiger partial charge in [-0.15, -0.1) is 0 Å². The lowest BCUT2D eigenvalue weighted by Gasteiger charge is -2.37. The quantitative estimate of drug-likeness (QED) is 0.829. The molecule has 0 radical (unpaired) electrons. The molecular weight excluding hydrogens is 257 g/mol. The third-order valence-corrected chi connectivity index (χ3v) is 4.42. The SMILES string of the molecule is CCCC1(C(=O)NC2(C(F)(F)F)CC2)CCNCC1. The molecule has 1 saturated heterocycles. The van der Waals surface area contributed by atoms with E-state index in [0.717, 1.165) is 6.42 Å². The van der Waals surface area contributed by atoms with E-state index in [1.807, 2.05) is 6.92 Å². The number of hydrogen-bond acceptors (Lipinski definition) is 2. The minimum Gasteiger partial charge on any atom is -0.341 e. The first-order chi connectivity index (χ1) is 8.85. The molecule has 110 valence electrons. The average Bonchev–Trinajstić information content (AvgIpc) is 3.11. The molecule has 0 aromatic carbocycles. The highest BCUT2D eigenvalue weighted by molar-refractivity contribution is 5.84. The van der Waals surface area contributed by atoms with E-state index in [2.05, 4.69) is 10.6 Å². The van der Waals surface area contributed by atoms with Gasteiger partial charge in [0.1, 0.15) is 5.54 Å². The molecule has 0 aromatic rings. The number of rotatable bonds is 4. The maximum atomic E-state index is 12.9. The third-order valence-electron chi connectivity index (χ3n) is 4.42. The molecule has 3 nitrogen and oxygen atoms in total. The van der Waals surface area contributed by atoms with Crippen LogP contribution in [-0.4, -0.2) is 30.7 Å². The Labute approximate surface area is 111 Å². The molecule has 19 heavy (non-hydrogen) atoms. The zero-order valence-electron chi connectivity index (χ0n) is 11.2. The van der Waals surface area contributed by atoms with Crippen LogP contribution in [0.2, 0.25) is 0 Å². The van der Waals surface area contributed by atoms with E-state index in [0.29, 0.717) is 32.4 Å². The van der Waals surface area contributed by atoms with Gasteiger partial charge in [0, 0.05) is 0 Å². The van der Waals surface area contributed by atoms with Crippen molar-refractivity contribution in [3.05, 3.63) is 0 Å². The third kappa shape index (κ3) is 2.73. The van der Waals surface area contributed by atoms with Crippen molar-refractivity contribution < 1.29 is 18.0 Å². The largest absolute Gasteiger partial charge is 0.411 e. The molecule has 2 aliphatic rings. The van der Waals surface area contributed by atoms with E-state index < -0.39 is 23.0 Å². The van der Waals surface area contributed by atoms with Gasteiger partial charge in [0.25, 0.3) is 0 Å². The Balaban J connectivity index is 2.08. The number of hydrogen-bond donors (Lipinski definition) is 2. The van der Waals surface area contributed by atoms with Gasteiger partial charge in [-0.05, 0) is 45.2 Å². The minimum atomic E-state index is -4.33. The van der Waals surface area contributed by atoms with Crippen molar-refractivity contribution >= 4 is 5.91 Å². The fraction of sp³-hybridized carbons (Fsp3) is 0.923. The number of halogens is 3. The van der Waals surface area contributed by atoms with Gasteiger partial charge in [-0.2, -0.15) is 13.2 Å². The highest BCUT2D eigenvalue weighted by atomic mass is 19.4. The highest BCUT2D eigenvalue weighted by Gasteiger charge is 2.65. The molecule has 0 bridgehead atoms. The highest BCUT2D eigenvalue weighted by Crippen LogP contribution is 2.50. The van der Waals surface area contributed by atoms with Gasteiger partial charge in [-0.1, -0.05) is 13.3 Å². The molecule has 1 amide bonds. The smallest absolute Gasteiger partial charge is 0.341 e. The van der Waals surface area contributed by atoms with E-state index in [1.54, 1.807) is 0 Å². The summed E-state index contributed by atoms with van der Waals surface area (Å²) in [6.45, 7) is 3.37.